The molecule has 0 fully saturated rings. The molecule has 1 aromatic rings. The molecule has 1 aromatic carbocycles. The van der Waals surface area contributed by atoms with Crippen LogP contribution in [0.1, 0.15) is 16.7 Å². The molecule has 76 valence electrons. The molecule has 0 aliphatic heterocycles. The number of aromatic hydroxyl groups is 1. The minimum atomic E-state index is -0.852. The van der Waals surface area contributed by atoms with Crippen LogP contribution in [0.2, 0.25) is 0 Å². The number of aliphatic carboxylic acids is 1. The highest BCUT2D eigenvalue weighted by Crippen LogP contribution is 2.32. The highest BCUT2D eigenvalue weighted by Gasteiger charge is 2.29. The maximum Gasteiger partial charge on any atom is 0.307 e. The van der Waals surface area contributed by atoms with E-state index in [1.54, 1.807) is 6.07 Å². The molecule has 15 heavy (non-hydrogen) atoms. The molecule has 0 saturated carbocycles. The maximum absolute atomic E-state index is 10.8. The first kappa shape index (κ1) is 9.53. The van der Waals surface area contributed by atoms with E-state index in [1.807, 2.05) is 6.07 Å². The summed E-state index contributed by atoms with van der Waals surface area (Å²) < 4.78 is 0. The van der Waals surface area contributed by atoms with Gasteiger partial charge in [-0.25, -0.2) is 0 Å². The van der Waals surface area contributed by atoms with Gasteiger partial charge in [0, 0.05) is 0 Å². The number of fused-ring (bicyclic) bond motifs is 1. The molecular formula is C11H9NO3. The van der Waals surface area contributed by atoms with Gasteiger partial charge < -0.3 is 10.2 Å². The van der Waals surface area contributed by atoms with E-state index in [-0.39, 0.29) is 5.75 Å². The average molecular weight is 203 g/mol. The van der Waals surface area contributed by atoms with E-state index in [4.69, 9.17) is 10.4 Å². The molecule has 0 saturated heterocycles. The summed E-state index contributed by atoms with van der Waals surface area (Å²) in [7, 11) is 0. The molecule has 0 heterocycles. The Kier molecular flexibility index (Phi) is 2.09. The lowest BCUT2D eigenvalue weighted by molar-refractivity contribution is -0.141. The summed E-state index contributed by atoms with van der Waals surface area (Å²) in [5.74, 6) is -1.29. The van der Waals surface area contributed by atoms with Gasteiger partial charge in [0.25, 0.3) is 0 Å². The molecule has 0 radical (unpaired) electrons. The summed E-state index contributed by atoms with van der Waals surface area (Å²) in [6.45, 7) is 0. The fourth-order valence-corrected chi connectivity index (χ4v) is 2.00. The van der Waals surface area contributed by atoms with Gasteiger partial charge in [-0.15, -0.1) is 0 Å². The number of hydrogen-bond acceptors (Lipinski definition) is 3. The fraction of sp³-hybridized carbons (Fsp3) is 0.273. The standard InChI is InChI=1S/C11H9NO3/c12-5-8-3-9(13)2-6-1-7(11(14)15)4-10(6)8/h2-3,7,13H,1,4H2,(H,14,15). The topological polar surface area (TPSA) is 81.3 Å². The Morgan fingerprint density at radius 1 is 1.47 bits per heavy atom. The number of hydrogen-bond donors (Lipinski definition) is 2. The van der Waals surface area contributed by atoms with Crippen LogP contribution in [0.15, 0.2) is 12.1 Å². The Morgan fingerprint density at radius 2 is 2.20 bits per heavy atom. The normalized spacial score (nSPS) is 18.2. The summed E-state index contributed by atoms with van der Waals surface area (Å²) >= 11 is 0. The van der Waals surface area contributed by atoms with Crippen molar-refractivity contribution in [1.29, 1.82) is 5.26 Å². The molecule has 0 spiro atoms. The van der Waals surface area contributed by atoms with E-state index in [1.165, 1.54) is 6.07 Å². The highest BCUT2D eigenvalue weighted by atomic mass is 16.4. The zero-order valence-corrected chi connectivity index (χ0v) is 7.90. The smallest absolute Gasteiger partial charge is 0.307 e. The van der Waals surface area contributed by atoms with Crippen LogP contribution in [0, 0.1) is 17.2 Å². The second-order valence-corrected chi connectivity index (χ2v) is 3.69. The number of benzene rings is 1. The molecule has 1 atom stereocenters. The fourth-order valence-electron chi connectivity index (χ4n) is 2.00. The average Bonchev–Trinajstić information content (AvgIpc) is 2.59. The molecule has 1 aliphatic carbocycles. The van der Waals surface area contributed by atoms with Gasteiger partial charge in [0.1, 0.15) is 5.75 Å². The predicted octanol–water partition coefficient (Wildman–Crippen LogP) is 1.06. The van der Waals surface area contributed by atoms with Gasteiger partial charge in [-0.3, -0.25) is 4.79 Å². The van der Waals surface area contributed by atoms with Crippen LogP contribution < -0.4 is 0 Å². The van der Waals surface area contributed by atoms with Gasteiger partial charge in [0.05, 0.1) is 17.6 Å². The summed E-state index contributed by atoms with van der Waals surface area (Å²) in [6, 6.07) is 4.89. The summed E-state index contributed by atoms with van der Waals surface area (Å²) in [4.78, 5) is 10.8. The molecule has 4 nitrogen and oxygen atoms in total. The Bertz CT molecular complexity index is 473. The number of phenols is 1. The first-order valence-corrected chi connectivity index (χ1v) is 4.59. The van der Waals surface area contributed by atoms with Crippen molar-refractivity contribution in [3.8, 4) is 11.8 Å². The number of carboxylic acids is 1. The van der Waals surface area contributed by atoms with E-state index in [2.05, 4.69) is 0 Å². The van der Waals surface area contributed by atoms with Gasteiger partial charge in [0.2, 0.25) is 0 Å². The first-order valence-electron chi connectivity index (χ1n) is 4.59. The number of carboxylic acid groups (broad SMARTS) is 1. The van der Waals surface area contributed by atoms with Crippen molar-refractivity contribution < 1.29 is 15.0 Å². The molecule has 1 unspecified atom stereocenters. The Labute approximate surface area is 86.4 Å². The molecule has 4 heteroatoms. The molecule has 0 bridgehead atoms. The van der Waals surface area contributed by atoms with Crippen molar-refractivity contribution in [2.75, 3.05) is 0 Å². The van der Waals surface area contributed by atoms with Crippen molar-refractivity contribution in [3.63, 3.8) is 0 Å². The van der Waals surface area contributed by atoms with Crippen LogP contribution in [0.3, 0.4) is 0 Å². The van der Waals surface area contributed by atoms with Crippen molar-refractivity contribution in [3.05, 3.63) is 28.8 Å². The van der Waals surface area contributed by atoms with Crippen LogP contribution in [-0.2, 0) is 17.6 Å². The third-order valence-electron chi connectivity index (χ3n) is 2.71. The number of carbonyl (C=O) groups is 1. The minimum Gasteiger partial charge on any atom is -0.508 e. The van der Waals surface area contributed by atoms with Crippen molar-refractivity contribution in [2.24, 2.45) is 5.92 Å². The number of rotatable bonds is 1. The van der Waals surface area contributed by atoms with Gasteiger partial charge >= 0.3 is 5.97 Å². The lowest BCUT2D eigenvalue weighted by atomic mass is 10.0. The Hall–Kier alpha value is -2.02. The number of nitrogens with zero attached hydrogens (tertiary/aromatic N) is 1. The van der Waals surface area contributed by atoms with Crippen LogP contribution in [0.5, 0.6) is 5.75 Å². The van der Waals surface area contributed by atoms with Gasteiger partial charge in [-0.2, -0.15) is 5.26 Å². The number of phenolic OH excluding ortho intramolecular Hbond substituents is 1. The Morgan fingerprint density at radius 3 is 2.80 bits per heavy atom. The van der Waals surface area contributed by atoms with E-state index < -0.39 is 11.9 Å². The molecule has 0 amide bonds. The summed E-state index contributed by atoms with van der Waals surface area (Å²) in [5, 5.41) is 27.1. The quantitative estimate of drug-likeness (QED) is 0.715. The second kappa shape index (κ2) is 3.28. The van der Waals surface area contributed by atoms with Crippen molar-refractivity contribution >= 4 is 5.97 Å². The van der Waals surface area contributed by atoms with Crippen LogP contribution in [-0.4, -0.2) is 16.2 Å². The Balaban J connectivity index is 2.46. The molecule has 0 aromatic heterocycles. The monoisotopic (exact) mass is 203 g/mol. The van der Waals surface area contributed by atoms with E-state index >= 15 is 0 Å². The summed E-state index contributed by atoms with van der Waals surface area (Å²) in [6.07, 6.45) is 0.779. The predicted molar refractivity (Wildman–Crippen MR) is 51.4 cm³/mol. The number of nitriles is 1. The largest absolute Gasteiger partial charge is 0.508 e. The van der Waals surface area contributed by atoms with Gasteiger partial charge in [-0.05, 0) is 36.1 Å². The van der Waals surface area contributed by atoms with Crippen molar-refractivity contribution in [2.45, 2.75) is 12.8 Å². The molecule has 1 aliphatic rings. The zero-order valence-electron chi connectivity index (χ0n) is 7.90. The van der Waals surface area contributed by atoms with E-state index in [0.29, 0.717) is 18.4 Å². The minimum absolute atomic E-state index is 0.0244. The van der Waals surface area contributed by atoms with Gasteiger partial charge in [0.15, 0.2) is 0 Å². The van der Waals surface area contributed by atoms with Crippen molar-refractivity contribution in [1.82, 2.24) is 0 Å². The van der Waals surface area contributed by atoms with Crippen LogP contribution in [0.4, 0.5) is 0 Å². The van der Waals surface area contributed by atoms with Gasteiger partial charge in [-0.1, -0.05) is 0 Å². The molecule has 2 N–H and O–H groups in total. The second-order valence-electron chi connectivity index (χ2n) is 3.69. The lowest BCUT2D eigenvalue weighted by Crippen LogP contribution is -2.13. The zero-order chi connectivity index (χ0) is 11.0. The lowest BCUT2D eigenvalue weighted by Gasteiger charge is -2.01. The summed E-state index contributed by atoms with van der Waals surface area (Å²) in [5.41, 5.74) is 1.93. The third-order valence-corrected chi connectivity index (χ3v) is 2.71. The van der Waals surface area contributed by atoms with E-state index in [0.717, 1.165) is 11.1 Å². The van der Waals surface area contributed by atoms with E-state index in [9.17, 15) is 9.90 Å². The maximum atomic E-state index is 10.8. The first-order chi connectivity index (χ1) is 7.11. The van der Waals surface area contributed by atoms with Crippen LogP contribution >= 0.6 is 0 Å². The third kappa shape index (κ3) is 1.52. The SMILES string of the molecule is N#Cc1cc(O)cc2c1CC(C(=O)O)C2. The van der Waals surface area contributed by atoms with Crippen LogP contribution in [0.25, 0.3) is 0 Å². The highest BCUT2D eigenvalue weighted by molar-refractivity contribution is 5.73. The molecular weight excluding hydrogens is 194 g/mol. The molecule has 2 rings (SSSR count).